The van der Waals surface area contributed by atoms with Gasteiger partial charge in [-0.2, -0.15) is 0 Å². The van der Waals surface area contributed by atoms with Gasteiger partial charge in [0, 0.05) is 30.0 Å². The van der Waals surface area contributed by atoms with E-state index in [0.717, 1.165) is 11.3 Å². The predicted molar refractivity (Wildman–Crippen MR) is 156 cm³/mol. The maximum Gasteiger partial charge on any atom is 0.136 e. The van der Waals surface area contributed by atoms with Crippen LogP contribution in [0.3, 0.4) is 0 Å². The highest BCUT2D eigenvalue weighted by Crippen LogP contribution is 2.45. The Morgan fingerprint density at radius 3 is 2.21 bits per heavy atom. The number of hydrogen-bond donors (Lipinski definition) is 1. The van der Waals surface area contributed by atoms with Gasteiger partial charge < -0.3 is 10.6 Å². The van der Waals surface area contributed by atoms with E-state index in [1.54, 1.807) is 12.4 Å². The summed E-state index contributed by atoms with van der Waals surface area (Å²) < 4.78 is 0. The minimum atomic E-state index is -0.0344. The smallest absolute Gasteiger partial charge is 0.136 e. The molecule has 1 aliphatic heterocycles. The summed E-state index contributed by atoms with van der Waals surface area (Å²) in [4.78, 5) is 16.3. The highest BCUT2D eigenvalue weighted by molar-refractivity contribution is 6.13. The zero-order valence-corrected chi connectivity index (χ0v) is 20.9. The molecule has 2 aliphatic rings. The van der Waals surface area contributed by atoms with E-state index in [0.29, 0.717) is 28.6 Å². The van der Waals surface area contributed by atoms with Crippen LogP contribution in [-0.4, -0.2) is 21.8 Å². The van der Waals surface area contributed by atoms with Crippen LogP contribution in [0.1, 0.15) is 22.9 Å². The monoisotopic (exact) mass is 493 g/mol. The van der Waals surface area contributed by atoms with E-state index >= 15 is 0 Å². The number of amidine groups is 1. The first-order chi connectivity index (χ1) is 18.7. The van der Waals surface area contributed by atoms with Crippen molar-refractivity contribution in [1.82, 2.24) is 9.97 Å². The van der Waals surface area contributed by atoms with E-state index < -0.39 is 0 Å². The molecule has 38 heavy (non-hydrogen) atoms. The fourth-order valence-corrected chi connectivity index (χ4v) is 5.14. The maximum absolute atomic E-state index is 6.64. The summed E-state index contributed by atoms with van der Waals surface area (Å²) >= 11 is 0. The molecular weight excluding hydrogens is 466 g/mol. The molecule has 1 aliphatic carbocycles. The highest BCUT2D eigenvalue weighted by Gasteiger charge is 2.35. The van der Waals surface area contributed by atoms with Gasteiger partial charge >= 0.3 is 0 Å². The van der Waals surface area contributed by atoms with Gasteiger partial charge in [0.05, 0.1) is 34.5 Å². The highest BCUT2D eigenvalue weighted by atomic mass is 15.2. The lowest BCUT2D eigenvalue weighted by Crippen LogP contribution is -2.42. The molecule has 184 valence electrons. The lowest BCUT2D eigenvalue weighted by molar-refractivity contribution is 0.709. The fraction of sp³-hybridized carbons (Fsp3) is 0.0606. The quantitative estimate of drug-likeness (QED) is 0.257. The van der Waals surface area contributed by atoms with Crippen LogP contribution in [0, 0.1) is 0 Å². The number of aromatic nitrogens is 2. The average Bonchev–Trinajstić information content (AvgIpc) is 3.10. The Morgan fingerprint density at radius 2 is 1.45 bits per heavy atom. The van der Waals surface area contributed by atoms with Crippen molar-refractivity contribution in [2.45, 2.75) is 12.0 Å². The molecule has 6 rings (SSSR count). The molecule has 5 nitrogen and oxygen atoms in total. The Labute approximate surface area is 222 Å². The van der Waals surface area contributed by atoms with Crippen LogP contribution in [0.5, 0.6) is 0 Å². The minimum Gasteiger partial charge on any atom is -0.397 e. The standard InChI is InChI=1S/C33H27N5/c1-23(29-16-8-10-20-35-29)37-33(22-28(34)30-17-9-11-21-36-30)38-31-18-6-4-14-26(31)24-12-2-3-13-25(24)27-15-5-7-19-32(27)38/h2-22,26,31H,1,34H2/b28-22-,37-33?. The molecule has 0 fully saturated rings. The number of allylic oxidation sites excluding steroid dienone is 2. The second-order valence-corrected chi connectivity index (χ2v) is 9.21. The Balaban J connectivity index is 1.59. The summed E-state index contributed by atoms with van der Waals surface area (Å²) in [5, 5.41) is 0. The van der Waals surface area contributed by atoms with Gasteiger partial charge in [0.15, 0.2) is 0 Å². The number of pyridine rings is 2. The topological polar surface area (TPSA) is 67.4 Å². The molecule has 0 radical (unpaired) electrons. The molecule has 2 N–H and O–H groups in total. The molecule has 3 heterocycles. The molecular formula is C33H27N5. The molecule has 2 atom stereocenters. The second kappa shape index (κ2) is 10.1. The first-order valence-electron chi connectivity index (χ1n) is 12.6. The van der Waals surface area contributed by atoms with Gasteiger partial charge in [-0.1, -0.05) is 85.5 Å². The normalized spacial score (nSPS) is 18.3. The Hall–Kier alpha value is -5.03. The first-order valence-corrected chi connectivity index (χ1v) is 12.6. The van der Waals surface area contributed by atoms with Crippen LogP contribution >= 0.6 is 0 Å². The summed E-state index contributed by atoms with van der Waals surface area (Å²) in [7, 11) is 0. The van der Waals surface area contributed by atoms with Crippen LogP contribution in [0.15, 0.2) is 139 Å². The lowest BCUT2D eigenvalue weighted by atomic mass is 9.85. The van der Waals surface area contributed by atoms with Gasteiger partial charge in [0.1, 0.15) is 5.84 Å². The van der Waals surface area contributed by atoms with E-state index in [9.17, 15) is 0 Å². The van der Waals surface area contributed by atoms with Gasteiger partial charge in [-0.05, 0) is 41.5 Å². The zero-order valence-electron chi connectivity index (χ0n) is 20.9. The molecule has 0 spiro atoms. The van der Waals surface area contributed by atoms with E-state index in [-0.39, 0.29) is 12.0 Å². The Bertz CT molecular complexity index is 1600. The van der Waals surface area contributed by atoms with E-state index in [4.69, 9.17) is 10.7 Å². The van der Waals surface area contributed by atoms with Crippen molar-refractivity contribution in [3.05, 3.63) is 151 Å². The van der Waals surface area contributed by atoms with Crippen LogP contribution in [0.4, 0.5) is 5.69 Å². The van der Waals surface area contributed by atoms with Crippen molar-refractivity contribution < 1.29 is 0 Å². The molecule has 0 bridgehead atoms. The molecule has 5 heteroatoms. The number of benzene rings is 2. The van der Waals surface area contributed by atoms with Crippen molar-refractivity contribution in [2.75, 3.05) is 4.90 Å². The second-order valence-electron chi connectivity index (χ2n) is 9.21. The van der Waals surface area contributed by atoms with E-state index in [2.05, 4.69) is 94.3 Å². The third-order valence-corrected chi connectivity index (χ3v) is 6.88. The molecule has 0 saturated heterocycles. The summed E-state index contributed by atoms with van der Waals surface area (Å²) in [6, 6.07) is 28.5. The SMILES string of the molecule is C=C(N=C(/C=C(\N)c1ccccn1)N1c2ccccc2-c2ccccc2C2C=CC=CC21)c1ccccn1. The van der Waals surface area contributed by atoms with Crippen LogP contribution < -0.4 is 10.6 Å². The average molecular weight is 494 g/mol. The molecule has 2 aromatic carbocycles. The Morgan fingerprint density at radius 1 is 0.789 bits per heavy atom. The van der Waals surface area contributed by atoms with Gasteiger partial charge in [0.25, 0.3) is 0 Å². The number of anilines is 1. The number of rotatable bonds is 4. The number of aliphatic imine (C=N–C) groups is 1. The van der Waals surface area contributed by atoms with Gasteiger partial charge in [-0.15, -0.1) is 0 Å². The van der Waals surface area contributed by atoms with E-state index in [1.807, 2.05) is 42.5 Å². The first kappa shape index (κ1) is 23.4. The molecule has 2 unspecified atom stereocenters. The predicted octanol–water partition coefficient (Wildman–Crippen LogP) is 6.61. The van der Waals surface area contributed by atoms with Crippen LogP contribution in [-0.2, 0) is 0 Å². The number of hydrogen-bond acceptors (Lipinski definition) is 4. The fourth-order valence-electron chi connectivity index (χ4n) is 5.14. The van der Waals surface area contributed by atoms with Gasteiger partial charge in [-0.25, -0.2) is 4.99 Å². The van der Waals surface area contributed by atoms with Crippen molar-refractivity contribution in [1.29, 1.82) is 0 Å². The van der Waals surface area contributed by atoms with Crippen molar-refractivity contribution in [3.63, 3.8) is 0 Å². The van der Waals surface area contributed by atoms with Crippen LogP contribution in [0.2, 0.25) is 0 Å². The summed E-state index contributed by atoms with van der Waals surface area (Å²) in [5.41, 5.74) is 13.8. The largest absolute Gasteiger partial charge is 0.397 e. The summed E-state index contributed by atoms with van der Waals surface area (Å²) in [5.74, 6) is 0.778. The summed E-state index contributed by atoms with van der Waals surface area (Å²) in [6.45, 7) is 4.27. The molecule has 0 amide bonds. The Kier molecular flexibility index (Phi) is 6.24. The number of fused-ring (bicyclic) bond motifs is 5. The zero-order chi connectivity index (χ0) is 25.9. The molecule has 0 saturated carbocycles. The summed E-state index contributed by atoms with van der Waals surface area (Å²) in [6.07, 6.45) is 14.1. The maximum atomic E-state index is 6.64. The number of nitrogens with zero attached hydrogens (tertiary/aromatic N) is 4. The third kappa shape index (κ3) is 4.35. The van der Waals surface area contributed by atoms with Crippen molar-refractivity contribution in [2.24, 2.45) is 10.7 Å². The lowest BCUT2D eigenvalue weighted by Gasteiger charge is -2.36. The number of para-hydroxylation sites is 1. The minimum absolute atomic E-state index is 0.0344. The van der Waals surface area contributed by atoms with Crippen molar-refractivity contribution in [3.8, 4) is 11.1 Å². The molecule has 2 aromatic heterocycles. The number of nitrogens with two attached hydrogens (primary N) is 1. The van der Waals surface area contributed by atoms with E-state index in [1.165, 1.54) is 11.1 Å². The van der Waals surface area contributed by atoms with Gasteiger partial charge in [-0.3, -0.25) is 9.97 Å². The third-order valence-electron chi connectivity index (χ3n) is 6.88. The van der Waals surface area contributed by atoms with Crippen LogP contribution in [0.25, 0.3) is 22.5 Å². The van der Waals surface area contributed by atoms with Gasteiger partial charge in [0.2, 0.25) is 0 Å². The van der Waals surface area contributed by atoms with Crippen molar-refractivity contribution >= 4 is 22.9 Å². The molecule has 4 aromatic rings.